The Morgan fingerprint density at radius 3 is 2.31 bits per heavy atom. The molecule has 0 bridgehead atoms. The Balaban J connectivity index is 1.83. The highest BCUT2D eigenvalue weighted by Gasteiger charge is 2.34. The molecule has 1 aliphatic rings. The van der Waals surface area contributed by atoms with E-state index in [9.17, 15) is 19.7 Å². The van der Waals surface area contributed by atoms with Crippen LogP contribution in [0.15, 0.2) is 58.1 Å². The molecule has 150 valence electrons. The average molecular weight is 461 g/mol. The van der Waals surface area contributed by atoms with Crippen molar-refractivity contribution in [1.29, 1.82) is 0 Å². The highest BCUT2D eigenvalue weighted by atomic mass is 79.9. The van der Waals surface area contributed by atoms with Gasteiger partial charge in [-0.3, -0.25) is 19.7 Å². The summed E-state index contributed by atoms with van der Waals surface area (Å²) in [6.45, 7) is 2.83. The second-order valence-corrected chi connectivity index (χ2v) is 7.17. The molecule has 1 aliphatic heterocycles. The van der Waals surface area contributed by atoms with E-state index in [0.717, 1.165) is 9.48 Å². The minimum absolute atomic E-state index is 0.0645. The molecule has 0 spiro atoms. The topological polar surface area (TPSA) is 105 Å². The number of carbonyl (C=O) groups is 2. The fraction of sp³-hybridized carbons (Fsp3) is 0.211. The van der Waals surface area contributed by atoms with E-state index in [1.54, 1.807) is 12.1 Å². The van der Waals surface area contributed by atoms with Crippen molar-refractivity contribution >= 4 is 45.0 Å². The van der Waals surface area contributed by atoms with E-state index in [4.69, 9.17) is 4.74 Å². The van der Waals surface area contributed by atoms with Crippen molar-refractivity contribution in [3.05, 3.63) is 68.7 Å². The summed E-state index contributed by atoms with van der Waals surface area (Å²) < 4.78 is 6.70. The van der Waals surface area contributed by atoms with E-state index < -0.39 is 11.2 Å². The summed E-state index contributed by atoms with van der Waals surface area (Å²) in [5.41, 5.74) is 1.07. The average Bonchev–Trinajstić information content (AvgIpc) is 3.11. The summed E-state index contributed by atoms with van der Waals surface area (Å²) in [5, 5.41) is 16.2. The van der Waals surface area contributed by atoms with Crippen LogP contribution in [0.1, 0.15) is 19.4 Å². The number of amides is 2. The van der Waals surface area contributed by atoms with Crippen molar-refractivity contribution < 1.29 is 19.2 Å². The molecule has 2 amide bonds. The molecule has 0 aromatic heterocycles. The maximum absolute atomic E-state index is 12.2. The molecule has 1 heterocycles. The minimum atomic E-state index is -0.828. The van der Waals surface area contributed by atoms with Gasteiger partial charge in [0.05, 0.1) is 11.5 Å². The summed E-state index contributed by atoms with van der Waals surface area (Å²) in [7, 11) is 0. The number of hydrogen-bond acceptors (Lipinski definition) is 6. The van der Waals surface area contributed by atoms with Gasteiger partial charge in [-0.15, -0.1) is 5.10 Å². The predicted octanol–water partition coefficient (Wildman–Crippen LogP) is 3.28. The van der Waals surface area contributed by atoms with Gasteiger partial charge < -0.3 is 9.64 Å². The minimum Gasteiger partial charge on any atom is -0.448 e. The van der Waals surface area contributed by atoms with Crippen molar-refractivity contribution in [3.8, 4) is 0 Å². The van der Waals surface area contributed by atoms with Crippen molar-refractivity contribution in [2.45, 2.75) is 20.1 Å². The smallest absolute Gasteiger partial charge is 0.269 e. The molecule has 9 nitrogen and oxygen atoms in total. The monoisotopic (exact) mass is 460 g/mol. The maximum atomic E-state index is 12.2. The second kappa shape index (κ2) is 8.39. The standard InChI is InChI=1S/C19H17BrN4O5/c1-12(25)22(16-9-5-15(20)6-10-16)11-18-23(13(2)26)21-19(29-18)14-3-7-17(8-4-14)24(27)28/h3-10,18H,11H2,1-2H3. The fourth-order valence-corrected chi connectivity index (χ4v) is 3.06. The van der Waals surface area contributed by atoms with Gasteiger partial charge in [0.25, 0.3) is 5.69 Å². The van der Waals surface area contributed by atoms with E-state index in [1.165, 1.54) is 43.0 Å². The molecular weight excluding hydrogens is 444 g/mol. The first kappa shape index (κ1) is 20.5. The molecule has 0 aliphatic carbocycles. The molecule has 0 fully saturated rings. The first-order chi connectivity index (χ1) is 13.8. The van der Waals surface area contributed by atoms with E-state index in [0.29, 0.717) is 11.3 Å². The van der Waals surface area contributed by atoms with Crippen LogP contribution in [0.3, 0.4) is 0 Å². The normalized spacial score (nSPS) is 15.5. The lowest BCUT2D eigenvalue weighted by Gasteiger charge is -2.27. The Morgan fingerprint density at radius 2 is 1.79 bits per heavy atom. The van der Waals surface area contributed by atoms with E-state index in [-0.39, 0.29) is 29.9 Å². The predicted molar refractivity (Wildman–Crippen MR) is 109 cm³/mol. The zero-order valence-electron chi connectivity index (χ0n) is 15.6. The van der Waals surface area contributed by atoms with E-state index >= 15 is 0 Å². The Labute approximate surface area is 174 Å². The van der Waals surface area contributed by atoms with E-state index in [1.807, 2.05) is 12.1 Å². The number of hydrazone groups is 1. The first-order valence-electron chi connectivity index (χ1n) is 8.60. The quantitative estimate of drug-likeness (QED) is 0.502. The molecule has 2 aromatic rings. The van der Waals surface area contributed by atoms with Gasteiger partial charge in [-0.1, -0.05) is 15.9 Å². The van der Waals surface area contributed by atoms with Crippen LogP contribution in [0, 0.1) is 10.1 Å². The van der Waals surface area contributed by atoms with Crippen LogP contribution in [0.5, 0.6) is 0 Å². The summed E-state index contributed by atoms with van der Waals surface area (Å²) >= 11 is 3.35. The van der Waals surface area contributed by atoms with Gasteiger partial charge in [-0.05, 0) is 36.4 Å². The molecular formula is C19H17BrN4O5. The van der Waals surface area contributed by atoms with Gasteiger partial charge in [0.2, 0.25) is 23.9 Å². The molecule has 0 radical (unpaired) electrons. The van der Waals surface area contributed by atoms with Gasteiger partial charge in [-0.2, -0.15) is 5.01 Å². The Hall–Kier alpha value is -3.27. The number of rotatable bonds is 5. The number of carbonyl (C=O) groups excluding carboxylic acids is 2. The zero-order valence-corrected chi connectivity index (χ0v) is 17.2. The van der Waals surface area contributed by atoms with Gasteiger partial charge in [0.1, 0.15) is 0 Å². The lowest BCUT2D eigenvalue weighted by Crippen LogP contribution is -2.44. The summed E-state index contributed by atoms with van der Waals surface area (Å²) in [6, 6.07) is 12.8. The Morgan fingerprint density at radius 1 is 1.17 bits per heavy atom. The number of hydrogen-bond donors (Lipinski definition) is 0. The molecule has 1 atom stereocenters. The van der Waals surface area contributed by atoms with Crippen molar-refractivity contribution in [3.63, 3.8) is 0 Å². The summed E-state index contributed by atoms with van der Waals surface area (Å²) in [4.78, 5) is 36.1. The summed E-state index contributed by atoms with van der Waals surface area (Å²) in [6.07, 6.45) is -0.828. The largest absolute Gasteiger partial charge is 0.448 e. The maximum Gasteiger partial charge on any atom is 0.269 e. The lowest BCUT2D eigenvalue weighted by atomic mass is 10.2. The van der Waals surface area contributed by atoms with Crippen LogP contribution < -0.4 is 4.90 Å². The van der Waals surface area contributed by atoms with Crippen LogP contribution in [0.4, 0.5) is 11.4 Å². The van der Waals surface area contributed by atoms with E-state index in [2.05, 4.69) is 21.0 Å². The third-order valence-electron chi connectivity index (χ3n) is 4.22. The SMILES string of the molecule is CC(=O)N(CC1OC(c2ccc([N+](=O)[O-])cc2)=NN1C(C)=O)c1ccc(Br)cc1. The summed E-state index contributed by atoms with van der Waals surface area (Å²) in [5.74, 6) is -0.422. The van der Waals surface area contributed by atoms with Crippen LogP contribution in [0.25, 0.3) is 0 Å². The number of nitro groups is 1. The number of halogens is 1. The van der Waals surface area contributed by atoms with Crippen molar-refractivity contribution in [2.24, 2.45) is 5.10 Å². The number of anilines is 1. The molecule has 2 aromatic carbocycles. The van der Waals surface area contributed by atoms with Gasteiger partial charge in [0.15, 0.2) is 0 Å². The number of non-ortho nitro benzene ring substituents is 1. The first-order valence-corrected chi connectivity index (χ1v) is 9.39. The van der Waals surface area contributed by atoms with Crippen LogP contribution in [0.2, 0.25) is 0 Å². The van der Waals surface area contributed by atoms with Gasteiger partial charge >= 0.3 is 0 Å². The highest BCUT2D eigenvalue weighted by molar-refractivity contribution is 9.10. The third-order valence-corrected chi connectivity index (χ3v) is 4.75. The Bertz CT molecular complexity index is 975. The zero-order chi connectivity index (χ0) is 21.1. The molecule has 1 unspecified atom stereocenters. The van der Waals surface area contributed by atoms with Crippen molar-refractivity contribution in [1.82, 2.24) is 5.01 Å². The lowest BCUT2D eigenvalue weighted by molar-refractivity contribution is -0.384. The molecule has 3 rings (SSSR count). The second-order valence-electron chi connectivity index (χ2n) is 6.25. The molecule has 10 heteroatoms. The molecule has 0 saturated heterocycles. The highest BCUT2D eigenvalue weighted by Crippen LogP contribution is 2.24. The van der Waals surface area contributed by atoms with Gasteiger partial charge in [-0.25, -0.2) is 0 Å². The number of benzene rings is 2. The number of ether oxygens (including phenoxy) is 1. The van der Waals surface area contributed by atoms with Crippen LogP contribution in [-0.4, -0.2) is 40.4 Å². The Kier molecular flexibility index (Phi) is 5.92. The molecule has 0 N–H and O–H groups in total. The molecule has 0 saturated carbocycles. The van der Waals surface area contributed by atoms with Crippen LogP contribution in [-0.2, 0) is 14.3 Å². The van der Waals surface area contributed by atoms with Crippen molar-refractivity contribution in [2.75, 3.05) is 11.4 Å². The number of nitro benzene ring substituents is 1. The number of nitrogens with zero attached hydrogens (tertiary/aromatic N) is 4. The third kappa shape index (κ3) is 4.60. The van der Waals surface area contributed by atoms with Gasteiger partial charge in [0, 0.05) is 41.7 Å². The van der Waals surface area contributed by atoms with Crippen LogP contribution >= 0.6 is 15.9 Å². The molecule has 29 heavy (non-hydrogen) atoms. The fourth-order valence-electron chi connectivity index (χ4n) is 2.80.